The van der Waals surface area contributed by atoms with Gasteiger partial charge >= 0.3 is 0 Å². The maximum absolute atomic E-state index is 14.3. The van der Waals surface area contributed by atoms with E-state index < -0.39 is 11.6 Å². The van der Waals surface area contributed by atoms with Crippen LogP contribution in [0.1, 0.15) is 24.0 Å². The molecule has 2 N–H and O–H groups in total. The minimum absolute atomic E-state index is 0.309. The van der Waals surface area contributed by atoms with E-state index in [9.17, 15) is 8.78 Å². The molecule has 3 aromatic heterocycles. The summed E-state index contributed by atoms with van der Waals surface area (Å²) in [4.78, 5) is 13.2. The lowest BCUT2D eigenvalue weighted by atomic mass is 10.1. The molecule has 0 radical (unpaired) electrons. The van der Waals surface area contributed by atoms with Gasteiger partial charge in [0.25, 0.3) is 0 Å². The standard InChI is InChI=1S/C26H21ClF2N6/c27-19-9-16(1-2-17(19)13-31-18-3-4-18)24-14-33-26-25(32-12-15-5-7-30-8-6-15)34-22-10-20(28)21(29)11-23(22)35(24)26/h1-2,5-11,14,18,31H,3-4,12-13H2,(H,32,34). The van der Waals surface area contributed by atoms with Crippen molar-refractivity contribution in [2.75, 3.05) is 5.32 Å². The van der Waals surface area contributed by atoms with E-state index >= 15 is 0 Å². The number of benzene rings is 2. The van der Waals surface area contributed by atoms with E-state index in [0.29, 0.717) is 52.3 Å². The summed E-state index contributed by atoms with van der Waals surface area (Å²) in [7, 11) is 0. The zero-order valence-corrected chi connectivity index (χ0v) is 19.4. The van der Waals surface area contributed by atoms with E-state index in [4.69, 9.17) is 11.6 Å². The van der Waals surface area contributed by atoms with E-state index in [-0.39, 0.29) is 0 Å². The summed E-state index contributed by atoms with van der Waals surface area (Å²) in [5, 5.41) is 7.38. The largest absolute Gasteiger partial charge is 0.363 e. The van der Waals surface area contributed by atoms with E-state index in [1.54, 1.807) is 23.0 Å². The Morgan fingerprint density at radius 1 is 1.00 bits per heavy atom. The molecular weight excluding hydrogens is 470 g/mol. The van der Waals surface area contributed by atoms with Crippen molar-refractivity contribution in [1.29, 1.82) is 0 Å². The summed E-state index contributed by atoms with van der Waals surface area (Å²) in [6.07, 6.45) is 7.52. The lowest BCUT2D eigenvalue weighted by molar-refractivity contribution is 0.510. The quantitative estimate of drug-likeness (QED) is 0.304. The summed E-state index contributed by atoms with van der Waals surface area (Å²) in [6.45, 7) is 1.18. The number of anilines is 1. The fraction of sp³-hybridized carbons (Fsp3) is 0.192. The number of hydrogen-bond acceptors (Lipinski definition) is 5. The molecule has 0 unspecified atom stereocenters. The number of nitrogens with one attached hydrogen (secondary N) is 2. The van der Waals surface area contributed by atoms with Crippen molar-refractivity contribution < 1.29 is 8.78 Å². The first-order valence-corrected chi connectivity index (χ1v) is 11.8. The molecule has 0 bridgehead atoms. The lowest BCUT2D eigenvalue weighted by Crippen LogP contribution is -2.15. The molecule has 0 saturated heterocycles. The fourth-order valence-electron chi connectivity index (χ4n) is 4.13. The molecule has 2 aromatic carbocycles. The van der Waals surface area contributed by atoms with Crippen molar-refractivity contribution in [3.63, 3.8) is 0 Å². The molecule has 5 aromatic rings. The van der Waals surface area contributed by atoms with Gasteiger partial charge in [0.1, 0.15) is 0 Å². The van der Waals surface area contributed by atoms with Crippen LogP contribution < -0.4 is 10.6 Å². The van der Waals surface area contributed by atoms with Crippen LogP contribution in [0.4, 0.5) is 14.6 Å². The average Bonchev–Trinajstić information content (AvgIpc) is 3.59. The molecule has 1 fully saturated rings. The normalized spacial score (nSPS) is 13.6. The van der Waals surface area contributed by atoms with Crippen molar-refractivity contribution in [3.05, 3.63) is 88.8 Å². The molecule has 6 rings (SSSR count). The summed E-state index contributed by atoms with van der Waals surface area (Å²) in [5.41, 5.74) is 4.75. The van der Waals surface area contributed by atoms with Crippen molar-refractivity contribution in [3.8, 4) is 11.3 Å². The van der Waals surface area contributed by atoms with Gasteiger partial charge in [-0.1, -0.05) is 23.7 Å². The van der Waals surface area contributed by atoms with Crippen molar-refractivity contribution in [1.82, 2.24) is 24.7 Å². The van der Waals surface area contributed by atoms with Crippen LogP contribution in [0.3, 0.4) is 0 Å². The van der Waals surface area contributed by atoms with Gasteiger partial charge < -0.3 is 10.6 Å². The molecule has 1 aliphatic rings. The SMILES string of the molecule is Fc1cc2nc(NCc3ccncc3)c3ncc(-c4ccc(CNC5CC5)c(Cl)c4)n3c2cc1F. The highest BCUT2D eigenvalue weighted by atomic mass is 35.5. The smallest absolute Gasteiger partial charge is 0.181 e. The van der Waals surface area contributed by atoms with Crippen LogP contribution in [-0.2, 0) is 13.1 Å². The first-order valence-electron chi connectivity index (χ1n) is 11.4. The molecule has 3 heterocycles. The van der Waals surface area contributed by atoms with Crippen LogP contribution in [0.25, 0.3) is 27.9 Å². The number of nitrogens with zero attached hydrogens (tertiary/aromatic N) is 4. The van der Waals surface area contributed by atoms with Gasteiger partial charge in [-0.15, -0.1) is 0 Å². The predicted octanol–water partition coefficient (Wildman–Crippen LogP) is 5.74. The Kier molecular flexibility index (Phi) is 5.54. The first kappa shape index (κ1) is 21.9. The third-order valence-corrected chi connectivity index (χ3v) is 6.53. The molecular formula is C26H21ClF2N6. The number of aromatic nitrogens is 4. The second-order valence-corrected chi connectivity index (χ2v) is 9.10. The third kappa shape index (κ3) is 4.31. The number of pyridine rings is 1. The van der Waals surface area contributed by atoms with Gasteiger partial charge in [0.05, 0.1) is 22.9 Å². The fourth-order valence-corrected chi connectivity index (χ4v) is 4.38. The molecule has 1 saturated carbocycles. The van der Waals surface area contributed by atoms with E-state index in [2.05, 4.69) is 25.6 Å². The van der Waals surface area contributed by atoms with Gasteiger partial charge in [-0.25, -0.2) is 18.7 Å². The van der Waals surface area contributed by atoms with E-state index in [0.717, 1.165) is 28.8 Å². The van der Waals surface area contributed by atoms with Crippen LogP contribution in [0, 0.1) is 11.6 Å². The Morgan fingerprint density at radius 3 is 2.57 bits per heavy atom. The van der Waals surface area contributed by atoms with Gasteiger partial charge in [-0.2, -0.15) is 0 Å². The first-order chi connectivity index (χ1) is 17.1. The molecule has 0 aliphatic heterocycles. The highest BCUT2D eigenvalue weighted by Gasteiger charge is 2.21. The van der Waals surface area contributed by atoms with E-state index in [1.165, 1.54) is 12.8 Å². The lowest BCUT2D eigenvalue weighted by Gasteiger charge is -2.13. The number of halogens is 3. The monoisotopic (exact) mass is 490 g/mol. The highest BCUT2D eigenvalue weighted by Crippen LogP contribution is 2.32. The summed E-state index contributed by atoms with van der Waals surface area (Å²) < 4.78 is 30.2. The highest BCUT2D eigenvalue weighted by molar-refractivity contribution is 6.31. The zero-order valence-electron chi connectivity index (χ0n) is 18.6. The Balaban J connectivity index is 1.45. The van der Waals surface area contributed by atoms with Crippen LogP contribution in [0.2, 0.25) is 5.02 Å². The number of rotatable bonds is 7. The summed E-state index contributed by atoms with van der Waals surface area (Å²) in [6, 6.07) is 12.4. The molecule has 9 heteroatoms. The van der Waals surface area contributed by atoms with Crippen molar-refractivity contribution >= 4 is 34.1 Å². The third-order valence-electron chi connectivity index (χ3n) is 6.18. The maximum Gasteiger partial charge on any atom is 0.181 e. The van der Waals surface area contributed by atoms with Gasteiger partial charge in [0.2, 0.25) is 0 Å². The minimum Gasteiger partial charge on any atom is -0.363 e. The molecule has 1 aliphatic carbocycles. The van der Waals surface area contributed by atoms with Gasteiger partial charge in [-0.05, 0) is 42.2 Å². The molecule has 0 amide bonds. The zero-order chi connectivity index (χ0) is 23.9. The summed E-state index contributed by atoms with van der Waals surface area (Å²) in [5.74, 6) is -1.44. The maximum atomic E-state index is 14.3. The summed E-state index contributed by atoms with van der Waals surface area (Å²) >= 11 is 6.61. The molecule has 176 valence electrons. The van der Waals surface area contributed by atoms with Crippen LogP contribution >= 0.6 is 11.6 Å². The van der Waals surface area contributed by atoms with Gasteiger partial charge in [0, 0.05) is 54.2 Å². The Morgan fingerprint density at radius 2 is 1.80 bits per heavy atom. The van der Waals surface area contributed by atoms with Crippen LogP contribution in [0.15, 0.2) is 61.1 Å². The van der Waals surface area contributed by atoms with Crippen molar-refractivity contribution in [2.45, 2.75) is 32.0 Å². The molecule has 0 atom stereocenters. The Labute approximate surface area is 205 Å². The predicted molar refractivity (Wildman–Crippen MR) is 132 cm³/mol. The van der Waals surface area contributed by atoms with E-state index in [1.807, 2.05) is 30.3 Å². The Bertz CT molecular complexity index is 1550. The molecule has 6 nitrogen and oxygen atoms in total. The molecule has 35 heavy (non-hydrogen) atoms. The number of fused-ring (bicyclic) bond motifs is 3. The topological polar surface area (TPSA) is 67.1 Å². The average molecular weight is 491 g/mol. The minimum atomic E-state index is -0.957. The Hall–Kier alpha value is -3.62. The number of hydrogen-bond donors (Lipinski definition) is 2. The van der Waals surface area contributed by atoms with Gasteiger partial charge in [-0.3, -0.25) is 9.38 Å². The second kappa shape index (κ2) is 8.87. The van der Waals surface area contributed by atoms with Crippen LogP contribution in [0.5, 0.6) is 0 Å². The van der Waals surface area contributed by atoms with Crippen molar-refractivity contribution in [2.24, 2.45) is 0 Å². The van der Waals surface area contributed by atoms with Gasteiger partial charge in [0.15, 0.2) is 23.1 Å². The second-order valence-electron chi connectivity index (χ2n) is 8.69. The number of imidazole rings is 1. The molecule has 0 spiro atoms. The van der Waals surface area contributed by atoms with Crippen LogP contribution in [-0.4, -0.2) is 25.4 Å².